The molecule has 0 aliphatic rings. The Morgan fingerprint density at radius 1 is 1.31 bits per heavy atom. The molecule has 0 amide bonds. The highest BCUT2D eigenvalue weighted by atomic mass is 79.9. The summed E-state index contributed by atoms with van der Waals surface area (Å²) in [7, 11) is 1.55. The minimum absolute atomic E-state index is 0.174. The van der Waals surface area contributed by atoms with Gasteiger partial charge in [0.15, 0.2) is 6.79 Å². The van der Waals surface area contributed by atoms with Crippen molar-refractivity contribution in [2.45, 2.75) is 0 Å². The van der Waals surface area contributed by atoms with E-state index in [1.807, 2.05) is 6.07 Å². The number of methoxy groups -OCH3 is 1. The van der Waals surface area contributed by atoms with Gasteiger partial charge in [-0.2, -0.15) is 0 Å². The first-order valence-corrected chi connectivity index (χ1v) is 5.51. The van der Waals surface area contributed by atoms with E-state index in [9.17, 15) is 4.39 Å². The monoisotopic (exact) mass is 284 g/mol. The molecule has 0 aromatic heterocycles. The molecule has 0 saturated heterocycles. The highest BCUT2D eigenvalue weighted by molar-refractivity contribution is 9.10. The fourth-order valence-corrected chi connectivity index (χ4v) is 2.16. The minimum Gasteiger partial charge on any atom is -0.468 e. The van der Waals surface area contributed by atoms with E-state index in [0.717, 1.165) is 5.39 Å². The molecular weight excluding hydrogens is 275 g/mol. The summed E-state index contributed by atoms with van der Waals surface area (Å²) >= 11 is 3.33. The van der Waals surface area contributed by atoms with Crippen LogP contribution in [-0.4, -0.2) is 13.9 Å². The number of hydrogen-bond acceptors (Lipinski definition) is 2. The SMILES string of the molecule is COCOc1cc(Br)c2c(F)cccc2c1. The van der Waals surface area contributed by atoms with E-state index in [1.54, 1.807) is 25.3 Å². The van der Waals surface area contributed by atoms with Gasteiger partial charge in [0, 0.05) is 17.0 Å². The van der Waals surface area contributed by atoms with Crippen LogP contribution in [-0.2, 0) is 4.74 Å². The first kappa shape index (κ1) is 11.4. The van der Waals surface area contributed by atoms with E-state index in [1.165, 1.54) is 6.07 Å². The highest BCUT2D eigenvalue weighted by Crippen LogP contribution is 2.31. The van der Waals surface area contributed by atoms with Crippen molar-refractivity contribution in [1.82, 2.24) is 0 Å². The number of fused-ring (bicyclic) bond motifs is 1. The van der Waals surface area contributed by atoms with Crippen LogP contribution in [0.2, 0.25) is 0 Å². The molecule has 0 fully saturated rings. The van der Waals surface area contributed by atoms with Crippen molar-refractivity contribution < 1.29 is 13.9 Å². The van der Waals surface area contributed by atoms with Crippen LogP contribution >= 0.6 is 15.9 Å². The van der Waals surface area contributed by atoms with Crippen LogP contribution in [0.4, 0.5) is 4.39 Å². The smallest absolute Gasteiger partial charge is 0.188 e. The van der Waals surface area contributed by atoms with Crippen LogP contribution in [0, 0.1) is 5.82 Å². The van der Waals surface area contributed by atoms with Crippen LogP contribution in [0.3, 0.4) is 0 Å². The van der Waals surface area contributed by atoms with Crippen molar-refractivity contribution in [3.63, 3.8) is 0 Å². The first-order chi connectivity index (χ1) is 7.72. The van der Waals surface area contributed by atoms with Crippen LogP contribution in [0.15, 0.2) is 34.8 Å². The van der Waals surface area contributed by atoms with Crippen LogP contribution < -0.4 is 4.74 Å². The number of halogens is 2. The third-order valence-electron chi connectivity index (χ3n) is 2.19. The van der Waals surface area contributed by atoms with Gasteiger partial charge < -0.3 is 9.47 Å². The lowest BCUT2D eigenvalue weighted by Gasteiger charge is -2.08. The van der Waals surface area contributed by atoms with E-state index < -0.39 is 0 Å². The average molecular weight is 285 g/mol. The van der Waals surface area contributed by atoms with Crippen LogP contribution in [0.1, 0.15) is 0 Å². The summed E-state index contributed by atoms with van der Waals surface area (Å²) in [6.45, 7) is 0.174. The van der Waals surface area contributed by atoms with Gasteiger partial charge in [0.05, 0.1) is 0 Å². The Hall–Kier alpha value is -1.13. The Morgan fingerprint density at radius 3 is 2.88 bits per heavy atom. The van der Waals surface area contributed by atoms with E-state index in [2.05, 4.69) is 15.9 Å². The molecule has 0 heterocycles. The molecule has 0 spiro atoms. The van der Waals surface area contributed by atoms with Gasteiger partial charge in [-0.25, -0.2) is 4.39 Å². The quantitative estimate of drug-likeness (QED) is 0.800. The van der Waals surface area contributed by atoms with Crippen LogP contribution in [0.25, 0.3) is 10.8 Å². The van der Waals surface area contributed by atoms with Crippen molar-refractivity contribution in [2.75, 3.05) is 13.9 Å². The molecule has 16 heavy (non-hydrogen) atoms. The topological polar surface area (TPSA) is 18.5 Å². The van der Waals surface area contributed by atoms with Crippen molar-refractivity contribution in [3.8, 4) is 5.75 Å². The van der Waals surface area contributed by atoms with E-state index in [-0.39, 0.29) is 12.6 Å². The number of benzene rings is 2. The zero-order valence-electron chi connectivity index (χ0n) is 8.67. The number of hydrogen-bond donors (Lipinski definition) is 0. The van der Waals surface area contributed by atoms with Crippen molar-refractivity contribution in [3.05, 3.63) is 40.6 Å². The van der Waals surface area contributed by atoms with Gasteiger partial charge in [0.1, 0.15) is 11.6 Å². The summed E-state index contributed by atoms with van der Waals surface area (Å²) in [5.74, 6) is 0.398. The molecule has 4 heteroatoms. The Balaban J connectivity index is 2.51. The fourth-order valence-electron chi connectivity index (χ4n) is 1.52. The lowest BCUT2D eigenvalue weighted by atomic mass is 10.1. The van der Waals surface area contributed by atoms with Gasteiger partial charge >= 0.3 is 0 Å². The van der Waals surface area contributed by atoms with Gasteiger partial charge in [-0.3, -0.25) is 0 Å². The molecule has 0 aliphatic heterocycles. The summed E-state index contributed by atoms with van der Waals surface area (Å²) in [4.78, 5) is 0. The Morgan fingerprint density at radius 2 is 2.12 bits per heavy atom. The number of rotatable bonds is 3. The minimum atomic E-state index is -0.248. The largest absolute Gasteiger partial charge is 0.468 e. The lowest BCUT2D eigenvalue weighted by Crippen LogP contribution is -1.98. The van der Waals surface area contributed by atoms with Gasteiger partial charge in [-0.1, -0.05) is 12.1 Å². The first-order valence-electron chi connectivity index (χ1n) is 4.72. The fraction of sp³-hybridized carbons (Fsp3) is 0.167. The molecule has 0 bridgehead atoms. The van der Waals surface area contributed by atoms with Crippen LogP contribution in [0.5, 0.6) is 5.75 Å². The molecule has 0 radical (unpaired) electrons. The van der Waals surface area contributed by atoms with Gasteiger partial charge in [-0.15, -0.1) is 0 Å². The van der Waals surface area contributed by atoms with Crippen molar-refractivity contribution in [2.24, 2.45) is 0 Å². The second kappa shape index (κ2) is 4.80. The second-order valence-corrected chi connectivity index (χ2v) is 4.15. The molecule has 2 nitrogen and oxygen atoms in total. The predicted molar refractivity (Wildman–Crippen MR) is 64.1 cm³/mol. The maximum Gasteiger partial charge on any atom is 0.188 e. The van der Waals surface area contributed by atoms with Crippen molar-refractivity contribution >= 4 is 26.7 Å². The molecule has 2 aromatic carbocycles. The van der Waals surface area contributed by atoms with Gasteiger partial charge in [0.25, 0.3) is 0 Å². The molecule has 2 aromatic rings. The Kier molecular flexibility index (Phi) is 3.41. The highest BCUT2D eigenvalue weighted by Gasteiger charge is 2.07. The van der Waals surface area contributed by atoms with E-state index in [4.69, 9.17) is 9.47 Å². The summed E-state index contributed by atoms with van der Waals surface area (Å²) in [5.41, 5.74) is 0. The van der Waals surface area contributed by atoms with E-state index in [0.29, 0.717) is 15.6 Å². The average Bonchev–Trinajstić information content (AvgIpc) is 2.26. The maximum atomic E-state index is 13.5. The molecule has 0 unspecified atom stereocenters. The molecule has 84 valence electrons. The third-order valence-corrected chi connectivity index (χ3v) is 2.82. The van der Waals surface area contributed by atoms with Gasteiger partial charge in [-0.05, 0) is 39.5 Å². The Bertz CT molecular complexity index is 514. The standard InChI is InChI=1S/C12H10BrFO2/c1-15-7-16-9-5-8-3-2-4-11(14)12(8)10(13)6-9/h2-6H,7H2,1H3. The van der Waals surface area contributed by atoms with Gasteiger partial charge in [0.2, 0.25) is 0 Å². The molecule has 0 saturated carbocycles. The summed E-state index contributed by atoms with van der Waals surface area (Å²) in [5, 5.41) is 1.35. The summed E-state index contributed by atoms with van der Waals surface area (Å²) < 4.78 is 24.3. The predicted octanol–water partition coefficient (Wildman–Crippen LogP) is 3.72. The molecule has 2 rings (SSSR count). The molecule has 0 atom stereocenters. The molecule has 0 aliphatic carbocycles. The second-order valence-electron chi connectivity index (χ2n) is 3.29. The summed E-state index contributed by atoms with van der Waals surface area (Å²) in [6, 6.07) is 8.45. The van der Waals surface area contributed by atoms with E-state index >= 15 is 0 Å². The van der Waals surface area contributed by atoms with Crippen molar-refractivity contribution in [1.29, 1.82) is 0 Å². The zero-order valence-corrected chi connectivity index (χ0v) is 10.3. The Labute approximate surface area is 101 Å². The normalized spacial score (nSPS) is 10.7. The third kappa shape index (κ3) is 2.18. The molecular formula is C12H10BrFO2. The zero-order chi connectivity index (χ0) is 11.5. The molecule has 0 N–H and O–H groups in total. The summed E-state index contributed by atoms with van der Waals surface area (Å²) in [6.07, 6.45) is 0. The lowest BCUT2D eigenvalue weighted by molar-refractivity contribution is 0.0512. The number of ether oxygens (including phenoxy) is 2. The maximum absolute atomic E-state index is 13.5.